The van der Waals surface area contributed by atoms with E-state index in [1.54, 1.807) is 0 Å². The minimum absolute atomic E-state index is 0.0854. The molecule has 6 heteroatoms. The predicted molar refractivity (Wildman–Crippen MR) is 532 cm³/mol. The molecule has 122 heavy (non-hydrogen) atoms. The lowest BCUT2D eigenvalue weighted by atomic mass is 9.33. The molecule has 21 rings (SSSR count). The number of anilines is 6. The standard InChI is InChI=1S/C116H100BN3S2/c1-112(2,3)81-43-29-39-77(60-81)90-69-92(79-41-31-45-83(62-79)114(7,8)9)110-105(88-48-23-26-51-103(88)121-110)108(90)119-99-58-54-76(74-38-28-37-73(59-74)71-33-18-16-19-34-71)65-96(99)117-95-56-55-86(118-97-50-25-22-47-87(97)94-64-75(53-57-98(94)118)72-35-20-17-21-36-72)68-100(95)120(102-67-85(116(13,14)15)66-101(119)107(102)117)109-91(78-40-30-44-82(61-78)113(4,5)6)70-93(80-42-32-46-84(63-80)115(10,11)12)111-106(109)89-49-24-27-52-104(89)122-111/h16-70H,1-15H3. The van der Waals surface area contributed by atoms with Crippen molar-refractivity contribution in [3.05, 3.63) is 361 Å². The molecule has 0 amide bonds. The average Bonchev–Trinajstić information content (AvgIpc) is 1.06. The van der Waals surface area contributed by atoms with E-state index >= 15 is 0 Å². The van der Waals surface area contributed by atoms with Gasteiger partial charge in [-0.1, -0.05) is 359 Å². The second-order valence-corrected chi connectivity index (χ2v) is 41.4. The Morgan fingerprint density at radius 2 is 0.623 bits per heavy atom. The van der Waals surface area contributed by atoms with Crippen molar-refractivity contribution < 1.29 is 0 Å². The van der Waals surface area contributed by atoms with Crippen LogP contribution in [0.25, 0.3) is 146 Å². The second-order valence-electron chi connectivity index (χ2n) is 39.3. The summed E-state index contributed by atoms with van der Waals surface area (Å²) in [4.78, 5) is 5.62. The minimum Gasteiger partial charge on any atom is -0.310 e. The van der Waals surface area contributed by atoms with Gasteiger partial charge in [-0.25, -0.2) is 0 Å². The highest BCUT2D eigenvalue weighted by Gasteiger charge is 2.47. The normalized spacial score (nSPS) is 13.2. The van der Waals surface area contributed by atoms with Crippen molar-refractivity contribution in [2.24, 2.45) is 0 Å². The summed E-state index contributed by atoms with van der Waals surface area (Å²) in [5, 5.41) is 7.39. The van der Waals surface area contributed by atoms with Crippen LogP contribution in [0.15, 0.2) is 334 Å². The van der Waals surface area contributed by atoms with Crippen LogP contribution in [0, 0.1) is 0 Å². The van der Waals surface area contributed by atoms with Crippen LogP contribution < -0.4 is 26.2 Å². The first-order valence-corrected chi connectivity index (χ1v) is 45.0. The minimum atomic E-state index is -0.373. The Morgan fingerprint density at radius 1 is 0.238 bits per heavy atom. The third-order valence-electron chi connectivity index (χ3n) is 26.1. The van der Waals surface area contributed by atoms with E-state index in [9.17, 15) is 0 Å². The second kappa shape index (κ2) is 28.5. The maximum atomic E-state index is 2.83. The summed E-state index contributed by atoms with van der Waals surface area (Å²) in [5.74, 6) is 0. The van der Waals surface area contributed by atoms with E-state index in [1.807, 2.05) is 22.7 Å². The zero-order chi connectivity index (χ0) is 83.8. The monoisotopic (exact) mass is 1610 g/mol. The summed E-state index contributed by atoms with van der Waals surface area (Å²) < 4.78 is 7.59. The summed E-state index contributed by atoms with van der Waals surface area (Å²) in [7, 11) is 0. The molecular weight excluding hydrogens is 1510 g/mol. The molecule has 3 nitrogen and oxygen atoms in total. The van der Waals surface area contributed by atoms with E-state index in [-0.39, 0.29) is 33.8 Å². The van der Waals surface area contributed by atoms with Crippen molar-refractivity contribution in [1.29, 1.82) is 0 Å². The van der Waals surface area contributed by atoms with Crippen LogP contribution in [-0.2, 0) is 27.1 Å². The molecule has 0 saturated carbocycles. The highest BCUT2D eigenvalue weighted by molar-refractivity contribution is 7.27. The van der Waals surface area contributed by atoms with Gasteiger partial charge in [0.1, 0.15) is 0 Å². The molecule has 16 aromatic carbocycles. The van der Waals surface area contributed by atoms with E-state index in [4.69, 9.17) is 0 Å². The number of nitrogens with zero attached hydrogens (tertiary/aromatic N) is 3. The van der Waals surface area contributed by atoms with Crippen molar-refractivity contribution in [2.45, 2.75) is 131 Å². The molecule has 2 aliphatic rings. The molecule has 0 unspecified atom stereocenters. The van der Waals surface area contributed by atoms with Crippen LogP contribution in [0.4, 0.5) is 34.1 Å². The molecule has 19 aromatic rings. The molecule has 3 aromatic heterocycles. The van der Waals surface area contributed by atoms with Crippen LogP contribution in [0.1, 0.15) is 132 Å². The van der Waals surface area contributed by atoms with Gasteiger partial charge in [0.25, 0.3) is 6.71 Å². The van der Waals surface area contributed by atoms with Crippen LogP contribution in [0.2, 0.25) is 0 Å². The predicted octanol–water partition coefficient (Wildman–Crippen LogP) is 31.8. The van der Waals surface area contributed by atoms with Crippen LogP contribution in [0.5, 0.6) is 0 Å². The lowest BCUT2D eigenvalue weighted by molar-refractivity contribution is 0.590. The average molecular weight is 1610 g/mol. The smallest absolute Gasteiger partial charge is 0.252 e. The summed E-state index contributed by atoms with van der Waals surface area (Å²) >= 11 is 3.87. The molecule has 0 spiro atoms. The number of para-hydroxylation sites is 1. The van der Waals surface area contributed by atoms with Crippen molar-refractivity contribution >= 4 is 142 Å². The van der Waals surface area contributed by atoms with Crippen molar-refractivity contribution in [3.63, 3.8) is 0 Å². The summed E-state index contributed by atoms with van der Waals surface area (Å²) in [6, 6.07) is 129. The lowest BCUT2D eigenvalue weighted by Crippen LogP contribution is -2.61. The van der Waals surface area contributed by atoms with Gasteiger partial charge >= 0.3 is 0 Å². The molecule has 2 aliphatic heterocycles. The molecule has 594 valence electrons. The fraction of sp³-hybridized carbons (Fsp3) is 0.172. The Kier molecular flexibility index (Phi) is 18.0. The molecule has 0 atom stereocenters. The van der Waals surface area contributed by atoms with Gasteiger partial charge < -0.3 is 14.4 Å². The topological polar surface area (TPSA) is 11.4 Å². The molecule has 0 N–H and O–H groups in total. The zero-order valence-corrected chi connectivity index (χ0v) is 74.1. The maximum Gasteiger partial charge on any atom is 0.252 e. The Bertz CT molecular complexity index is 7480. The lowest BCUT2D eigenvalue weighted by Gasteiger charge is -2.46. The Labute approximate surface area is 727 Å². The largest absolute Gasteiger partial charge is 0.310 e. The first-order chi connectivity index (χ1) is 58.7. The SMILES string of the molecule is CC(C)(C)c1cccc(-c2cc(-c3cccc(C(C)(C)C)c3)c3sc4ccccc4c3c2N2c3ccc(-c4cccc(-c5ccccc5)c4)cc3B3c4ccc(-n5c6ccccc6c6cc(-c7ccccc7)ccc65)cc4N(c4c(-c5cccc(C(C)(C)C)c5)cc(-c5cccc(C(C)(C)C)c5)c5sc6ccccc6c45)c4cc(C(C)(C)C)cc2c43)c1. The van der Waals surface area contributed by atoms with E-state index in [0.717, 1.165) is 45.0 Å². The van der Waals surface area contributed by atoms with Crippen molar-refractivity contribution in [2.75, 3.05) is 9.80 Å². The van der Waals surface area contributed by atoms with Gasteiger partial charge in [0, 0.05) is 102 Å². The summed E-state index contributed by atoms with van der Waals surface area (Å²) in [6.45, 7) is 35.2. The molecule has 0 aliphatic carbocycles. The van der Waals surface area contributed by atoms with Gasteiger partial charge in [0.05, 0.1) is 22.4 Å². The van der Waals surface area contributed by atoms with Gasteiger partial charge in [-0.2, -0.15) is 0 Å². The van der Waals surface area contributed by atoms with Crippen molar-refractivity contribution in [3.8, 4) is 83.6 Å². The number of aromatic nitrogens is 1. The van der Waals surface area contributed by atoms with Gasteiger partial charge in [0.2, 0.25) is 0 Å². The van der Waals surface area contributed by atoms with E-state index in [1.165, 1.54) is 179 Å². The summed E-state index contributed by atoms with van der Waals surface area (Å²) in [6.07, 6.45) is 0. The summed E-state index contributed by atoms with van der Waals surface area (Å²) in [5.41, 5.74) is 36.4. The number of fused-ring (bicyclic) bond motifs is 13. The fourth-order valence-electron chi connectivity index (χ4n) is 19.5. The van der Waals surface area contributed by atoms with E-state index in [0.29, 0.717) is 0 Å². The molecule has 0 saturated heterocycles. The molecule has 0 fully saturated rings. The van der Waals surface area contributed by atoms with Gasteiger partial charge in [-0.3, -0.25) is 0 Å². The number of hydrogen-bond donors (Lipinski definition) is 0. The van der Waals surface area contributed by atoms with E-state index < -0.39 is 0 Å². The molecule has 5 heterocycles. The molecule has 0 radical (unpaired) electrons. The number of hydrogen-bond acceptors (Lipinski definition) is 4. The highest BCUT2D eigenvalue weighted by Crippen LogP contribution is 2.59. The van der Waals surface area contributed by atoms with Gasteiger partial charge in [-0.05, 0) is 206 Å². The van der Waals surface area contributed by atoms with Gasteiger partial charge in [0.15, 0.2) is 0 Å². The third-order valence-corrected chi connectivity index (χ3v) is 28.5. The number of thiophene rings is 2. The molecular formula is C116H100BN3S2. The number of rotatable bonds is 10. The van der Waals surface area contributed by atoms with Gasteiger partial charge in [-0.15, -0.1) is 22.7 Å². The fourth-order valence-corrected chi connectivity index (χ4v) is 22.0. The Morgan fingerprint density at radius 3 is 1.11 bits per heavy atom. The van der Waals surface area contributed by atoms with E-state index in [2.05, 4.69) is 452 Å². The quantitative estimate of drug-likeness (QED) is 0.126. The van der Waals surface area contributed by atoms with Crippen LogP contribution in [0.3, 0.4) is 0 Å². The van der Waals surface area contributed by atoms with Crippen LogP contribution >= 0.6 is 22.7 Å². The Balaban J connectivity index is 0.955. The third kappa shape index (κ3) is 12.9. The first-order valence-electron chi connectivity index (χ1n) is 43.4. The molecule has 0 bridgehead atoms. The highest BCUT2D eigenvalue weighted by atomic mass is 32.1. The van der Waals surface area contributed by atoms with Crippen LogP contribution in [-0.4, -0.2) is 11.3 Å². The van der Waals surface area contributed by atoms with Crippen molar-refractivity contribution in [1.82, 2.24) is 4.57 Å². The number of benzene rings is 16. The first kappa shape index (κ1) is 76.8. The maximum absolute atomic E-state index is 2.83. The zero-order valence-electron chi connectivity index (χ0n) is 72.5. The Hall–Kier alpha value is -12.6.